The van der Waals surface area contributed by atoms with E-state index in [0.29, 0.717) is 36.3 Å². The molecule has 0 amide bonds. The summed E-state index contributed by atoms with van der Waals surface area (Å²) in [6.45, 7) is 8.36. The van der Waals surface area contributed by atoms with Gasteiger partial charge in [0, 0.05) is 23.2 Å². The Labute approximate surface area is 191 Å². The van der Waals surface area contributed by atoms with Gasteiger partial charge in [-0.15, -0.1) is 0 Å². The van der Waals surface area contributed by atoms with E-state index in [-0.39, 0.29) is 28.0 Å². The minimum absolute atomic E-state index is 0.00478. The molecule has 3 aliphatic heterocycles. The van der Waals surface area contributed by atoms with E-state index in [4.69, 9.17) is 25.8 Å². The number of halogens is 1. The molecule has 170 valence electrons. The fourth-order valence-corrected chi connectivity index (χ4v) is 5.23. The minimum atomic E-state index is -0.639. The first-order valence-electron chi connectivity index (χ1n) is 10.8. The molecule has 4 heterocycles. The third-order valence-corrected chi connectivity index (χ3v) is 7.13. The van der Waals surface area contributed by atoms with E-state index >= 15 is 0 Å². The SMILES string of the molecule is COC(=O)c1cn2c(cc1=O)-c1cc(Cl)c(OCC3(C)COC3)cc1C1CCC(C)(C)N12. The van der Waals surface area contributed by atoms with Gasteiger partial charge >= 0.3 is 5.97 Å². The average molecular weight is 459 g/mol. The summed E-state index contributed by atoms with van der Waals surface area (Å²) in [5.41, 5.74) is 2.14. The lowest BCUT2D eigenvalue weighted by Gasteiger charge is -2.44. The smallest absolute Gasteiger partial charge is 0.343 e. The summed E-state index contributed by atoms with van der Waals surface area (Å²) in [4.78, 5) is 25.0. The van der Waals surface area contributed by atoms with Crippen LogP contribution in [0.4, 0.5) is 0 Å². The highest BCUT2D eigenvalue weighted by molar-refractivity contribution is 6.32. The molecule has 0 saturated carbocycles. The summed E-state index contributed by atoms with van der Waals surface area (Å²) in [5, 5.41) is 2.74. The Balaban J connectivity index is 1.64. The summed E-state index contributed by atoms with van der Waals surface area (Å²) in [6.07, 6.45) is 3.50. The Bertz CT molecular complexity index is 1170. The Morgan fingerprint density at radius 3 is 2.66 bits per heavy atom. The first kappa shape index (κ1) is 21.3. The van der Waals surface area contributed by atoms with Gasteiger partial charge in [-0.05, 0) is 44.4 Å². The Hall–Kier alpha value is -2.51. The van der Waals surface area contributed by atoms with Crippen molar-refractivity contribution in [1.82, 2.24) is 4.68 Å². The number of carbonyl (C=O) groups excluding carboxylic acids is 1. The molecule has 0 N–H and O–H groups in total. The number of carbonyl (C=O) groups is 1. The molecule has 2 aromatic rings. The number of rotatable bonds is 4. The zero-order chi connectivity index (χ0) is 22.8. The Kier molecular flexibility index (Phi) is 4.84. The van der Waals surface area contributed by atoms with Crippen molar-refractivity contribution in [2.24, 2.45) is 5.41 Å². The Morgan fingerprint density at radius 1 is 1.25 bits per heavy atom. The first-order chi connectivity index (χ1) is 15.1. The van der Waals surface area contributed by atoms with Crippen LogP contribution in [0, 0.1) is 5.41 Å². The molecule has 2 fully saturated rings. The van der Waals surface area contributed by atoms with E-state index in [1.54, 1.807) is 6.20 Å². The second-order valence-corrected chi connectivity index (χ2v) is 10.4. The molecule has 8 heteroatoms. The number of hydrogen-bond acceptors (Lipinski definition) is 6. The van der Waals surface area contributed by atoms with Gasteiger partial charge in [0.1, 0.15) is 11.3 Å². The van der Waals surface area contributed by atoms with Crippen LogP contribution in [0.15, 0.2) is 29.2 Å². The maximum Gasteiger partial charge on any atom is 0.343 e. The number of hydrogen-bond donors (Lipinski definition) is 0. The molecule has 32 heavy (non-hydrogen) atoms. The first-order valence-corrected chi connectivity index (χ1v) is 11.2. The van der Waals surface area contributed by atoms with Crippen LogP contribution >= 0.6 is 11.6 Å². The highest BCUT2D eigenvalue weighted by Gasteiger charge is 2.45. The number of esters is 1. The summed E-state index contributed by atoms with van der Waals surface area (Å²) in [7, 11) is 1.28. The number of fused-ring (bicyclic) bond motifs is 6. The van der Waals surface area contributed by atoms with Crippen molar-refractivity contribution >= 4 is 17.6 Å². The molecule has 3 aliphatic rings. The molecule has 7 nitrogen and oxygen atoms in total. The van der Waals surface area contributed by atoms with Gasteiger partial charge in [0.15, 0.2) is 5.43 Å². The van der Waals surface area contributed by atoms with Gasteiger partial charge in [-0.3, -0.25) is 14.5 Å². The van der Waals surface area contributed by atoms with Crippen molar-refractivity contribution in [2.45, 2.75) is 45.2 Å². The summed E-state index contributed by atoms with van der Waals surface area (Å²) < 4.78 is 18.2. The highest BCUT2D eigenvalue weighted by atomic mass is 35.5. The molecule has 5 rings (SSSR count). The van der Waals surface area contributed by atoms with Crippen LogP contribution in [-0.2, 0) is 9.47 Å². The Morgan fingerprint density at radius 2 is 2.00 bits per heavy atom. The summed E-state index contributed by atoms with van der Waals surface area (Å²) >= 11 is 6.63. The van der Waals surface area contributed by atoms with Crippen LogP contribution < -0.4 is 15.2 Å². The van der Waals surface area contributed by atoms with Crippen molar-refractivity contribution in [1.29, 1.82) is 0 Å². The van der Waals surface area contributed by atoms with E-state index < -0.39 is 5.97 Å². The van der Waals surface area contributed by atoms with Gasteiger partial charge in [-0.25, -0.2) is 4.79 Å². The van der Waals surface area contributed by atoms with E-state index in [0.717, 1.165) is 24.0 Å². The van der Waals surface area contributed by atoms with E-state index in [1.807, 2.05) is 16.8 Å². The predicted molar refractivity (Wildman–Crippen MR) is 121 cm³/mol. The fraction of sp³-hybridized carbons (Fsp3) is 0.500. The number of ether oxygens (including phenoxy) is 3. The van der Waals surface area contributed by atoms with Crippen LogP contribution in [-0.4, -0.2) is 43.1 Å². The molecule has 1 unspecified atom stereocenters. The maximum absolute atomic E-state index is 12.8. The minimum Gasteiger partial charge on any atom is -0.491 e. The quantitative estimate of drug-likeness (QED) is 0.646. The maximum atomic E-state index is 12.8. The van der Waals surface area contributed by atoms with Gasteiger partial charge in [-0.1, -0.05) is 18.5 Å². The molecule has 2 saturated heterocycles. The van der Waals surface area contributed by atoms with Gasteiger partial charge in [0.25, 0.3) is 0 Å². The topological polar surface area (TPSA) is 70.0 Å². The molecule has 0 bridgehead atoms. The second-order valence-electron chi connectivity index (χ2n) is 9.95. The van der Waals surface area contributed by atoms with Gasteiger partial charge in [-0.2, -0.15) is 0 Å². The standard InChI is InChI=1S/C24H27ClN2O5/c1-23(2)6-5-18-15-8-21(32-13-24(3)11-31-12-24)17(25)7-14(15)19-9-20(28)16(22(29)30-4)10-26(19)27(18)23/h7-10,18H,5-6,11-13H2,1-4H3. The van der Waals surface area contributed by atoms with Crippen molar-refractivity contribution in [3.8, 4) is 17.0 Å². The van der Waals surface area contributed by atoms with Crippen LogP contribution in [0.2, 0.25) is 5.02 Å². The zero-order valence-electron chi connectivity index (χ0n) is 18.7. The number of pyridine rings is 1. The lowest BCUT2D eigenvalue weighted by Crippen LogP contribution is -2.50. The van der Waals surface area contributed by atoms with Crippen LogP contribution in [0.3, 0.4) is 0 Å². The molecule has 1 aromatic heterocycles. The van der Waals surface area contributed by atoms with E-state index in [1.165, 1.54) is 13.2 Å². The van der Waals surface area contributed by atoms with Crippen LogP contribution in [0.1, 0.15) is 55.6 Å². The van der Waals surface area contributed by atoms with Gasteiger partial charge < -0.3 is 14.2 Å². The highest BCUT2D eigenvalue weighted by Crippen LogP contribution is 2.50. The van der Waals surface area contributed by atoms with Crippen molar-refractivity contribution in [3.63, 3.8) is 0 Å². The number of nitrogens with zero attached hydrogens (tertiary/aromatic N) is 2. The van der Waals surface area contributed by atoms with Crippen LogP contribution in [0.25, 0.3) is 11.3 Å². The molecule has 1 aromatic carbocycles. The lowest BCUT2D eigenvalue weighted by molar-refractivity contribution is -0.120. The summed E-state index contributed by atoms with van der Waals surface area (Å²) in [5.74, 6) is 0.00470. The molecule has 1 atom stereocenters. The van der Waals surface area contributed by atoms with Crippen LogP contribution in [0.5, 0.6) is 5.75 Å². The molecular weight excluding hydrogens is 432 g/mol. The van der Waals surface area contributed by atoms with Gasteiger partial charge in [0.2, 0.25) is 0 Å². The van der Waals surface area contributed by atoms with E-state index in [9.17, 15) is 9.59 Å². The number of methoxy groups -OCH3 is 1. The third-order valence-electron chi connectivity index (χ3n) is 6.83. The molecule has 0 spiro atoms. The average Bonchev–Trinajstić information content (AvgIpc) is 3.05. The van der Waals surface area contributed by atoms with E-state index in [2.05, 4.69) is 25.8 Å². The number of aromatic nitrogens is 1. The van der Waals surface area contributed by atoms with Crippen molar-refractivity contribution < 1.29 is 19.0 Å². The molecular formula is C24H27ClN2O5. The monoisotopic (exact) mass is 458 g/mol. The molecule has 0 aliphatic carbocycles. The largest absolute Gasteiger partial charge is 0.491 e. The fourth-order valence-electron chi connectivity index (χ4n) is 5.01. The third kappa shape index (κ3) is 3.21. The normalized spacial score (nSPS) is 21.8. The predicted octanol–water partition coefficient (Wildman–Crippen LogP) is 3.94. The second kappa shape index (κ2) is 7.25. The molecule has 0 radical (unpaired) electrons. The zero-order valence-corrected chi connectivity index (χ0v) is 19.5. The van der Waals surface area contributed by atoms with Crippen molar-refractivity contribution in [2.75, 3.05) is 31.9 Å². The van der Waals surface area contributed by atoms with Crippen molar-refractivity contribution in [3.05, 3.63) is 50.8 Å². The van der Waals surface area contributed by atoms with Gasteiger partial charge in [0.05, 0.1) is 49.2 Å². The summed E-state index contributed by atoms with van der Waals surface area (Å²) in [6, 6.07) is 5.46. The lowest BCUT2D eigenvalue weighted by atomic mass is 9.90. The number of benzene rings is 1.